The molecule has 0 spiro atoms. The standard InChI is InChI=1S/C12H11FO3S/c1-5-4-8(15)10(13)12-9(5)11(6(2)17-12)16-7(3)14/h4,15H,1-3H3. The summed E-state index contributed by atoms with van der Waals surface area (Å²) in [4.78, 5) is 11.7. The van der Waals surface area contributed by atoms with Crippen molar-refractivity contribution < 1.29 is 19.0 Å². The van der Waals surface area contributed by atoms with E-state index >= 15 is 0 Å². The molecule has 0 atom stereocenters. The Balaban J connectivity index is 2.82. The quantitative estimate of drug-likeness (QED) is 0.794. The van der Waals surface area contributed by atoms with Gasteiger partial charge >= 0.3 is 5.97 Å². The van der Waals surface area contributed by atoms with Gasteiger partial charge in [-0.15, -0.1) is 11.3 Å². The number of halogens is 1. The Labute approximate surface area is 101 Å². The Kier molecular flexibility index (Phi) is 2.79. The summed E-state index contributed by atoms with van der Waals surface area (Å²) in [6, 6.07) is 1.33. The van der Waals surface area contributed by atoms with Gasteiger partial charge in [-0.25, -0.2) is 4.39 Å². The molecule has 90 valence electrons. The number of aryl methyl sites for hydroxylation is 2. The molecular weight excluding hydrogens is 243 g/mol. The normalized spacial score (nSPS) is 10.8. The molecule has 5 heteroatoms. The number of ether oxygens (including phenoxy) is 1. The molecule has 0 bridgehead atoms. The monoisotopic (exact) mass is 254 g/mol. The van der Waals surface area contributed by atoms with E-state index in [1.54, 1.807) is 13.8 Å². The lowest BCUT2D eigenvalue weighted by molar-refractivity contribution is -0.131. The number of phenolic OH excluding ortho intramolecular Hbond substituents is 1. The van der Waals surface area contributed by atoms with Crippen LogP contribution in [0.2, 0.25) is 0 Å². The van der Waals surface area contributed by atoms with Gasteiger partial charge in [-0.3, -0.25) is 4.79 Å². The van der Waals surface area contributed by atoms with Crippen molar-refractivity contribution in [1.29, 1.82) is 0 Å². The molecule has 1 aromatic heterocycles. The van der Waals surface area contributed by atoms with Crippen LogP contribution in [0.5, 0.6) is 11.5 Å². The van der Waals surface area contributed by atoms with Crippen LogP contribution in [0.4, 0.5) is 4.39 Å². The highest BCUT2D eigenvalue weighted by atomic mass is 32.1. The predicted molar refractivity (Wildman–Crippen MR) is 64.2 cm³/mol. The SMILES string of the molecule is CC(=O)Oc1c(C)sc2c(F)c(O)cc(C)c12. The number of carbonyl (C=O) groups excluding carboxylic acids is 1. The number of hydrogen-bond acceptors (Lipinski definition) is 4. The molecule has 17 heavy (non-hydrogen) atoms. The summed E-state index contributed by atoms with van der Waals surface area (Å²) in [5.41, 5.74) is 0.680. The molecule has 0 aliphatic rings. The van der Waals surface area contributed by atoms with E-state index < -0.39 is 11.8 Å². The van der Waals surface area contributed by atoms with E-state index in [9.17, 15) is 14.3 Å². The summed E-state index contributed by atoms with van der Waals surface area (Å²) in [7, 11) is 0. The van der Waals surface area contributed by atoms with Crippen LogP contribution in [-0.4, -0.2) is 11.1 Å². The lowest BCUT2D eigenvalue weighted by Gasteiger charge is -2.04. The number of esters is 1. The Hall–Kier alpha value is -1.62. The molecule has 0 radical (unpaired) electrons. The summed E-state index contributed by atoms with van der Waals surface area (Å²) in [6.07, 6.45) is 0. The van der Waals surface area contributed by atoms with Crippen molar-refractivity contribution in [2.24, 2.45) is 0 Å². The number of aromatic hydroxyl groups is 1. The molecule has 0 aliphatic heterocycles. The van der Waals surface area contributed by atoms with Gasteiger partial charge in [-0.1, -0.05) is 0 Å². The number of hydrogen-bond donors (Lipinski definition) is 1. The largest absolute Gasteiger partial charge is 0.505 e. The second-order valence-corrected chi connectivity index (χ2v) is 5.04. The number of benzene rings is 1. The zero-order chi connectivity index (χ0) is 12.7. The Morgan fingerprint density at radius 2 is 2.12 bits per heavy atom. The second-order valence-electron chi connectivity index (χ2n) is 3.81. The van der Waals surface area contributed by atoms with E-state index in [1.165, 1.54) is 13.0 Å². The van der Waals surface area contributed by atoms with E-state index in [4.69, 9.17) is 4.74 Å². The average Bonchev–Trinajstić information content (AvgIpc) is 2.53. The van der Waals surface area contributed by atoms with Gasteiger partial charge in [0.2, 0.25) is 0 Å². The van der Waals surface area contributed by atoms with E-state index in [-0.39, 0.29) is 5.75 Å². The molecule has 2 rings (SSSR count). The van der Waals surface area contributed by atoms with Gasteiger partial charge in [0, 0.05) is 17.2 Å². The summed E-state index contributed by atoms with van der Waals surface area (Å²) < 4.78 is 19.1. The first kappa shape index (κ1) is 11.9. The number of thiophene rings is 1. The van der Waals surface area contributed by atoms with Gasteiger partial charge in [0.1, 0.15) is 0 Å². The summed E-state index contributed by atoms with van der Waals surface area (Å²) in [5.74, 6) is -1.11. The highest BCUT2D eigenvalue weighted by Crippen LogP contribution is 2.43. The molecule has 1 N–H and O–H groups in total. The fraction of sp³-hybridized carbons (Fsp3) is 0.250. The van der Waals surface area contributed by atoms with Crippen LogP contribution in [-0.2, 0) is 4.79 Å². The lowest BCUT2D eigenvalue weighted by atomic mass is 10.1. The molecule has 0 aliphatic carbocycles. The second kappa shape index (κ2) is 4.00. The van der Waals surface area contributed by atoms with Crippen LogP contribution in [0, 0.1) is 19.7 Å². The van der Waals surface area contributed by atoms with E-state index in [0.29, 0.717) is 26.3 Å². The van der Waals surface area contributed by atoms with Gasteiger partial charge in [0.15, 0.2) is 17.3 Å². The topological polar surface area (TPSA) is 46.5 Å². The molecule has 3 nitrogen and oxygen atoms in total. The zero-order valence-electron chi connectivity index (χ0n) is 9.63. The smallest absolute Gasteiger partial charge is 0.308 e. The van der Waals surface area contributed by atoms with E-state index in [0.717, 1.165) is 11.3 Å². The number of rotatable bonds is 1. The minimum Gasteiger partial charge on any atom is -0.505 e. The highest BCUT2D eigenvalue weighted by Gasteiger charge is 2.19. The van der Waals surface area contributed by atoms with Crippen molar-refractivity contribution >= 4 is 27.4 Å². The summed E-state index contributed by atoms with van der Waals surface area (Å²) in [6.45, 7) is 4.79. The summed E-state index contributed by atoms with van der Waals surface area (Å²) >= 11 is 1.16. The summed E-state index contributed by atoms with van der Waals surface area (Å²) in [5, 5.41) is 9.96. The first-order valence-electron chi connectivity index (χ1n) is 5.01. The third-order valence-electron chi connectivity index (χ3n) is 2.45. The molecule has 0 amide bonds. The van der Waals surface area contributed by atoms with Crippen LogP contribution < -0.4 is 4.74 Å². The van der Waals surface area contributed by atoms with Gasteiger partial charge < -0.3 is 9.84 Å². The average molecular weight is 254 g/mol. The van der Waals surface area contributed by atoms with Crippen LogP contribution in [0.15, 0.2) is 6.07 Å². The third-order valence-corrected chi connectivity index (χ3v) is 3.53. The van der Waals surface area contributed by atoms with Crippen LogP contribution in [0.3, 0.4) is 0 Å². The Morgan fingerprint density at radius 1 is 1.47 bits per heavy atom. The molecule has 0 fully saturated rings. The third kappa shape index (κ3) is 1.86. The molecule has 0 saturated carbocycles. The predicted octanol–water partition coefficient (Wildman–Crippen LogP) is 3.29. The molecule has 1 aromatic carbocycles. The fourth-order valence-electron chi connectivity index (χ4n) is 1.77. The fourth-order valence-corrected chi connectivity index (χ4v) is 2.86. The Morgan fingerprint density at radius 3 is 2.71 bits per heavy atom. The van der Waals surface area contributed by atoms with Crippen molar-refractivity contribution in [3.8, 4) is 11.5 Å². The van der Waals surface area contributed by atoms with Crippen molar-refractivity contribution in [2.75, 3.05) is 0 Å². The molecule has 0 unspecified atom stereocenters. The van der Waals surface area contributed by atoms with Crippen molar-refractivity contribution in [3.05, 3.63) is 22.3 Å². The minimum absolute atomic E-state index is 0.316. The van der Waals surface area contributed by atoms with E-state index in [2.05, 4.69) is 0 Å². The first-order valence-corrected chi connectivity index (χ1v) is 5.83. The van der Waals surface area contributed by atoms with Gasteiger partial charge in [0.05, 0.1) is 4.70 Å². The number of phenols is 1. The maximum absolute atomic E-state index is 13.7. The Bertz CT molecular complexity index is 616. The van der Waals surface area contributed by atoms with Crippen LogP contribution in [0.25, 0.3) is 10.1 Å². The number of carbonyl (C=O) groups is 1. The molecule has 1 heterocycles. The zero-order valence-corrected chi connectivity index (χ0v) is 10.4. The van der Waals surface area contributed by atoms with Crippen LogP contribution >= 0.6 is 11.3 Å². The van der Waals surface area contributed by atoms with Crippen LogP contribution in [0.1, 0.15) is 17.4 Å². The first-order chi connectivity index (χ1) is 7.91. The molecular formula is C12H11FO3S. The van der Waals surface area contributed by atoms with Crippen molar-refractivity contribution in [2.45, 2.75) is 20.8 Å². The minimum atomic E-state index is -0.669. The van der Waals surface area contributed by atoms with E-state index in [1.807, 2.05) is 0 Å². The van der Waals surface area contributed by atoms with Gasteiger partial charge in [0.25, 0.3) is 0 Å². The highest BCUT2D eigenvalue weighted by molar-refractivity contribution is 7.19. The van der Waals surface area contributed by atoms with Gasteiger partial charge in [-0.2, -0.15) is 0 Å². The maximum Gasteiger partial charge on any atom is 0.308 e. The van der Waals surface area contributed by atoms with Crippen molar-refractivity contribution in [3.63, 3.8) is 0 Å². The van der Waals surface area contributed by atoms with Crippen molar-refractivity contribution in [1.82, 2.24) is 0 Å². The molecule has 0 saturated heterocycles. The van der Waals surface area contributed by atoms with Gasteiger partial charge in [-0.05, 0) is 25.5 Å². The molecule has 2 aromatic rings. The lowest BCUT2D eigenvalue weighted by Crippen LogP contribution is -2.02. The maximum atomic E-state index is 13.7. The number of fused-ring (bicyclic) bond motifs is 1.